The zero-order chi connectivity index (χ0) is 28.2. The van der Waals surface area contributed by atoms with Crippen molar-refractivity contribution >= 4 is 11.8 Å². The van der Waals surface area contributed by atoms with Crippen LogP contribution in [0, 0.1) is 6.92 Å². The maximum absolute atomic E-state index is 13.9. The summed E-state index contributed by atoms with van der Waals surface area (Å²) in [5.41, 5.74) is 3.12. The molecule has 3 aromatic carbocycles. The quantitative estimate of drug-likeness (QED) is 0.259. The van der Waals surface area contributed by atoms with Crippen LogP contribution < -0.4 is 14.8 Å². The number of ether oxygens (including phenoxy) is 2. The van der Waals surface area contributed by atoms with Crippen molar-refractivity contribution in [2.45, 2.75) is 76.9 Å². The Labute approximate surface area is 238 Å². The summed E-state index contributed by atoms with van der Waals surface area (Å²) in [7, 11) is 1.63. The number of rotatable bonds is 13. The lowest BCUT2D eigenvalue weighted by Crippen LogP contribution is -2.52. The van der Waals surface area contributed by atoms with Gasteiger partial charge in [0.2, 0.25) is 11.8 Å². The van der Waals surface area contributed by atoms with Crippen molar-refractivity contribution in [2.75, 3.05) is 13.7 Å². The van der Waals surface area contributed by atoms with Crippen LogP contribution in [0.25, 0.3) is 0 Å². The SMILES string of the molecule is COc1cccc(CN(C(=O)CCCOc2ccc(C)cc2)C(Cc2ccccc2)C(=O)NC2CCCCC2)c1. The molecule has 0 bridgehead atoms. The summed E-state index contributed by atoms with van der Waals surface area (Å²) < 4.78 is 11.3. The van der Waals surface area contributed by atoms with Crippen molar-refractivity contribution in [1.82, 2.24) is 10.2 Å². The number of amides is 2. The van der Waals surface area contributed by atoms with E-state index in [1.165, 1.54) is 12.0 Å². The Morgan fingerprint density at radius 1 is 0.900 bits per heavy atom. The molecule has 3 aromatic rings. The fourth-order valence-corrected chi connectivity index (χ4v) is 5.26. The molecule has 0 saturated heterocycles. The molecule has 1 saturated carbocycles. The van der Waals surface area contributed by atoms with Crippen LogP contribution in [0.2, 0.25) is 0 Å². The molecule has 6 heteroatoms. The van der Waals surface area contributed by atoms with Gasteiger partial charge in [-0.15, -0.1) is 0 Å². The zero-order valence-corrected chi connectivity index (χ0v) is 23.8. The van der Waals surface area contributed by atoms with Crippen molar-refractivity contribution in [1.29, 1.82) is 0 Å². The fraction of sp³-hybridized carbons (Fsp3) is 0.412. The number of hydrogen-bond donors (Lipinski definition) is 1. The van der Waals surface area contributed by atoms with E-state index in [1.807, 2.05) is 85.8 Å². The first-order valence-electron chi connectivity index (χ1n) is 14.5. The summed E-state index contributed by atoms with van der Waals surface area (Å²) in [6.45, 7) is 2.79. The van der Waals surface area contributed by atoms with Crippen LogP contribution in [-0.4, -0.2) is 42.5 Å². The highest BCUT2D eigenvalue weighted by Gasteiger charge is 2.31. The van der Waals surface area contributed by atoms with Crippen molar-refractivity contribution < 1.29 is 19.1 Å². The van der Waals surface area contributed by atoms with E-state index in [4.69, 9.17) is 9.47 Å². The van der Waals surface area contributed by atoms with Gasteiger partial charge in [0.1, 0.15) is 17.5 Å². The Morgan fingerprint density at radius 2 is 1.62 bits per heavy atom. The van der Waals surface area contributed by atoms with Gasteiger partial charge in [0.05, 0.1) is 13.7 Å². The van der Waals surface area contributed by atoms with Crippen LogP contribution in [-0.2, 0) is 22.6 Å². The van der Waals surface area contributed by atoms with Crippen molar-refractivity contribution in [2.24, 2.45) is 0 Å². The van der Waals surface area contributed by atoms with E-state index in [1.54, 1.807) is 12.0 Å². The highest BCUT2D eigenvalue weighted by molar-refractivity contribution is 5.88. The van der Waals surface area contributed by atoms with Gasteiger partial charge in [-0.05, 0) is 61.6 Å². The number of hydrogen-bond acceptors (Lipinski definition) is 4. The Morgan fingerprint density at radius 3 is 2.35 bits per heavy atom. The normalized spacial score (nSPS) is 14.2. The highest BCUT2D eigenvalue weighted by atomic mass is 16.5. The van der Waals surface area contributed by atoms with Crippen LogP contribution in [0.15, 0.2) is 78.9 Å². The zero-order valence-electron chi connectivity index (χ0n) is 23.8. The molecule has 0 heterocycles. The standard InChI is InChI=1S/C34H42N2O4/c1-26-18-20-30(21-19-26)40-22-10-17-33(37)36(25-28-13-9-16-31(23-28)39-2)32(24-27-11-5-3-6-12-27)34(38)35-29-14-7-4-8-15-29/h3,5-6,9,11-13,16,18-21,23,29,32H,4,7-8,10,14-15,17,22,24-25H2,1-2H3,(H,35,38). The van der Waals surface area contributed by atoms with Gasteiger partial charge in [0.15, 0.2) is 0 Å². The second-order valence-electron chi connectivity index (χ2n) is 10.7. The molecule has 0 radical (unpaired) electrons. The molecule has 1 atom stereocenters. The molecule has 212 valence electrons. The monoisotopic (exact) mass is 542 g/mol. The summed E-state index contributed by atoms with van der Waals surface area (Å²) >= 11 is 0. The third-order valence-electron chi connectivity index (χ3n) is 7.53. The summed E-state index contributed by atoms with van der Waals surface area (Å²) in [6.07, 6.45) is 6.75. The third kappa shape index (κ3) is 8.87. The molecule has 1 aliphatic rings. The second-order valence-corrected chi connectivity index (χ2v) is 10.7. The molecule has 1 N–H and O–H groups in total. The number of carbonyl (C=O) groups is 2. The first-order valence-corrected chi connectivity index (χ1v) is 14.5. The lowest BCUT2D eigenvalue weighted by molar-refractivity contribution is -0.141. The number of nitrogens with one attached hydrogen (secondary N) is 1. The number of carbonyl (C=O) groups excluding carboxylic acids is 2. The number of benzene rings is 3. The summed E-state index contributed by atoms with van der Waals surface area (Å²) in [4.78, 5) is 29.5. The largest absolute Gasteiger partial charge is 0.497 e. The summed E-state index contributed by atoms with van der Waals surface area (Å²) in [5, 5.41) is 3.29. The van der Waals surface area contributed by atoms with E-state index in [0.29, 0.717) is 26.0 Å². The average Bonchev–Trinajstić information content (AvgIpc) is 2.99. The second kappa shape index (κ2) is 15.1. The fourth-order valence-electron chi connectivity index (χ4n) is 5.26. The van der Waals surface area contributed by atoms with Crippen molar-refractivity contribution in [3.8, 4) is 11.5 Å². The third-order valence-corrected chi connectivity index (χ3v) is 7.53. The molecule has 6 nitrogen and oxygen atoms in total. The maximum Gasteiger partial charge on any atom is 0.243 e. The average molecular weight is 543 g/mol. The molecule has 1 aliphatic carbocycles. The molecule has 4 rings (SSSR count). The van der Waals surface area contributed by atoms with Crippen LogP contribution in [0.4, 0.5) is 0 Å². The van der Waals surface area contributed by atoms with Gasteiger partial charge in [-0.3, -0.25) is 9.59 Å². The van der Waals surface area contributed by atoms with Crippen LogP contribution >= 0.6 is 0 Å². The van der Waals surface area contributed by atoms with Crippen LogP contribution in [0.5, 0.6) is 11.5 Å². The molecule has 1 unspecified atom stereocenters. The minimum Gasteiger partial charge on any atom is -0.497 e. The highest BCUT2D eigenvalue weighted by Crippen LogP contribution is 2.22. The first kappa shape index (κ1) is 29.2. The molecule has 0 aliphatic heterocycles. The van der Waals surface area contributed by atoms with E-state index in [0.717, 1.165) is 48.3 Å². The Hall–Kier alpha value is -3.80. The Kier molecular flexibility index (Phi) is 11.0. The molecule has 2 amide bonds. The van der Waals surface area contributed by atoms with Crippen molar-refractivity contribution in [3.63, 3.8) is 0 Å². The molecule has 1 fully saturated rings. The van der Waals surface area contributed by atoms with Crippen molar-refractivity contribution in [3.05, 3.63) is 95.6 Å². The lowest BCUT2D eigenvalue weighted by atomic mass is 9.94. The predicted molar refractivity (Wildman–Crippen MR) is 158 cm³/mol. The number of nitrogens with zero attached hydrogens (tertiary/aromatic N) is 1. The summed E-state index contributed by atoms with van der Waals surface area (Å²) in [5.74, 6) is 1.38. The first-order chi connectivity index (χ1) is 19.5. The minimum atomic E-state index is -0.624. The molecular formula is C34H42N2O4. The van der Waals surface area contributed by atoms with E-state index in [-0.39, 0.29) is 24.3 Å². The Balaban J connectivity index is 1.53. The predicted octanol–water partition coefficient (Wildman–Crippen LogP) is 6.25. The van der Waals surface area contributed by atoms with Gasteiger partial charge in [-0.2, -0.15) is 0 Å². The Bertz CT molecular complexity index is 1210. The maximum atomic E-state index is 13.9. The molecule has 0 spiro atoms. The van der Waals surface area contributed by atoms with Gasteiger partial charge in [0, 0.05) is 25.4 Å². The smallest absolute Gasteiger partial charge is 0.243 e. The van der Waals surface area contributed by atoms with E-state index >= 15 is 0 Å². The van der Waals surface area contributed by atoms with E-state index in [9.17, 15) is 9.59 Å². The minimum absolute atomic E-state index is 0.0601. The molecule has 0 aromatic heterocycles. The molecular weight excluding hydrogens is 500 g/mol. The number of methoxy groups -OCH3 is 1. The van der Waals surface area contributed by atoms with Crippen LogP contribution in [0.1, 0.15) is 61.6 Å². The number of aryl methyl sites for hydroxylation is 1. The van der Waals surface area contributed by atoms with Gasteiger partial charge in [-0.25, -0.2) is 0 Å². The van der Waals surface area contributed by atoms with E-state index in [2.05, 4.69) is 5.32 Å². The summed E-state index contributed by atoms with van der Waals surface area (Å²) in [6, 6.07) is 25.1. The van der Waals surface area contributed by atoms with Gasteiger partial charge >= 0.3 is 0 Å². The van der Waals surface area contributed by atoms with E-state index < -0.39 is 6.04 Å². The van der Waals surface area contributed by atoms with Crippen LogP contribution in [0.3, 0.4) is 0 Å². The topological polar surface area (TPSA) is 67.9 Å². The lowest BCUT2D eigenvalue weighted by Gasteiger charge is -2.33. The van der Waals surface area contributed by atoms with Gasteiger partial charge in [-0.1, -0.05) is 79.4 Å². The van der Waals surface area contributed by atoms with Gasteiger partial charge in [0.25, 0.3) is 0 Å². The van der Waals surface area contributed by atoms with Gasteiger partial charge < -0.3 is 19.7 Å². The molecule has 40 heavy (non-hydrogen) atoms.